The quantitative estimate of drug-likeness (QED) is 0.855. The van der Waals surface area contributed by atoms with Crippen LogP contribution in [0, 0.1) is 5.82 Å². The minimum absolute atomic E-state index is 0.197. The smallest absolute Gasteiger partial charge is 0.491 e. The summed E-state index contributed by atoms with van der Waals surface area (Å²) in [4.78, 5) is 0. The highest BCUT2D eigenvalue weighted by Gasteiger charge is 2.40. The molecule has 0 radical (unpaired) electrons. The minimum Gasteiger partial charge on any atom is -0.491 e. The molecule has 1 fully saturated rings. The van der Waals surface area contributed by atoms with Crippen LogP contribution < -0.4 is 10.2 Å². The van der Waals surface area contributed by atoms with E-state index >= 15 is 0 Å². The lowest BCUT2D eigenvalue weighted by molar-refractivity contribution is -0.141. The Morgan fingerprint density at radius 2 is 2.23 bits per heavy atom. The minimum atomic E-state index is -1.16. The van der Waals surface area contributed by atoms with Crippen LogP contribution in [0.2, 0.25) is 0 Å². The van der Waals surface area contributed by atoms with E-state index in [4.69, 9.17) is 18.9 Å². The zero-order chi connectivity index (χ0) is 15.9. The Labute approximate surface area is 129 Å². The van der Waals surface area contributed by atoms with Gasteiger partial charge in [-0.15, -0.1) is 0 Å². The average molecular weight is 310 g/mol. The molecule has 7 heteroatoms. The molecule has 1 aromatic rings. The van der Waals surface area contributed by atoms with Gasteiger partial charge in [0.15, 0.2) is 5.79 Å². The van der Waals surface area contributed by atoms with Gasteiger partial charge in [-0.05, 0) is 32.4 Å². The van der Waals surface area contributed by atoms with Gasteiger partial charge in [0.2, 0.25) is 0 Å². The normalized spacial score (nSPS) is 26.3. The second-order valence-electron chi connectivity index (χ2n) is 6.02. The topological polar surface area (TPSA) is 57.2 Å². The first-order valence-corrected chi connectivity index (χ1v) is 7.51. The molecule has 2 aliphatic rings. The number of halogens is 1. The second-order valence-corrected chi connectivity index (χ2v) is 6.02. The predicted octanol–water partition coefficient (Wildman–Crippen LogP) is 1.52. The van der Waals surface area contributed by atoms with E-state index in [1.165, 1.54) is 12.1 Å². The first-order chi connectivity index (χ1) is 10.4. The van der Waals surface area contributed by atoms with Crippen LogP contribution in [0.3, 0.4) is 0 Å². The maximum Gasteiger partial charge on any atom is 0.495 e. The fraction of sp³-hybridized carbons (Fsp3) is 0.600. The Bertz CT molecular complexity index is 565. The van der Waals surface area contributed by atoms with Gasteiger partial charge in [0, 0.05) is 11.0 Å². The Morgan fingerprint density at radius 3 is 2.86 bits per heavy atom. The number of ether oxygens (including phenoxy) is 3. The second kappa shape index (κ2) is 5.81. The molecule has 0 aliphatic carbocycles. The van der Waals surface area contributed by atoms with Crippen molar-refractivity contribution in [3.05, 3.63) is 23.5 Å². The molecule has 120 valence electrons. The molecule has 0 amide bonds. The van der Waals surface area contributed by atoms with Crippen molar-refractivity contribution in [1.29, 1.82) is 0 Å². The molecule has 0 bridgehead atoms. The summed E-state index contributed by atoms with van der Waals surface area (Å²) in [5, 5.41) is 10.0. The summed E-state index contributed by atoms with van der Waals surface area (Å²) in [7, 11) is -1.16. The lowest BCUT2D eigenvalue weighted by Gasteiger charge is -2.18. The molecule has 1 N–H and O–H groups in total. The van der Waals surface area contributed by atoms with E-state index < -0.39 is 19.0 Å². The van der Waals surface area contributed by atoms with Gasteiger partial charge in [-0.25, -0.2) is 4.39 Å². The Morgan fingerprint density at radius 1 is 1.45 bits per heavy atom. The SMILES string of the molecule is CC[C@H]1OB(O)c2c(OC[C@H]3COC(C)(C)O3)ccc(F)c21. The van der Waals surface area contributed by atoms with E-state index in [-0.39, 0.29) is 18.5 Å². The van der Waals surface area contributed by atoms with Crippen molar-refractivity contribution in [3.63, 3.8) is 0 Å². The Kier molecular flexibility index (Phi) is 4.16. The van der Waals surface area contributed by atoms with Crippen LogP contribution in [0.25, 0.3) is 0 Å². The molecule has 2 atom stereocenters. The van der Waals surface area contributed by atoms with E-state index in [0.29, 0.717) is 29.8 Å². The first kappa shape index (κ1) is 15.7. The third-order valence-corrected chi connectivity index (χ3v) is 3.92. The van der Waals surface area contributed by atoms with Gasteiger partial charge < -0.3 is 23.9 Å². The highest BCUT2D eigenvalue weighted by atomic mass is 19.1. The summed E-state index contributed by atoms with van der Waals surface area (Å²) in [5.41, 5.74) is 0.765. The van der Waals surface area contributed by atoms with Gasteiger partial charge in [-0.1, -0.05) is 6.92 Å². The van der Waals surface area contributed by atoms with Crippen molar-refractivity contribution >= 4 is 12.6 Å². The molecule has 5 nitrogen and oxygen atoms in total. The fourth-order valence-corrected chi connectivity index (χ4v) is 2.92. The highest BCUT2D eigenvalue weighted by Crippen LogP contribution is 2.32. The Hall–Kier alpha value is -1.15. The van der Waals surface area contributed by atoms with Gasteiger partial charge >= 0.3 is 7.12 Å². The van der Waals surface area contributed by atoms with E-state index in [2.05, 4.69) is 0 Å². The molecular formula is C15H20BFO5. The molecule has 2 aliphatic heterocycles. The molecule has 0 aromatic heterocycles. The zero-order valence-corrected chi connectivity index (χ0v) is 13.0. The van der Waals surface area contributed by atoms with Crippen molar-refractivity contribution < 1.29 is 28.3 Å². The van der Waals surface area contributed by atoms with Gasteiger partial charge in [-0.3, -0.25) is 0 Å². The van der Waals surface area contributed by atoms with E-state index in [0.717, 1.165) is 0 Å². The van der Waals surface area contributed by atoms with E-state index in [1.54, 1.807) is 0 Å². The van der Waals surface area contributed by atoms with Crippen molar-refractivity contribution in [3.8, 4) is 5.75 Å². The van der Waals surface area contributed by atoms with Gasteiger partial charge in [0.25, 0.3) is 0 Å². The summed E-state index contributed by atoms with van der Waals surface area (Å²) < 4.78 is 36.3. The van der Waals surface area contributed by atoms with Crippen molar-refractivity contribution in [1.82, 2.24) is 0 Å². The molecular weight excluding hydrogens is 290 g/mol. The molecule has 2 heterocycles. The van der Waals surface area contributed by atoms with E-state index in [1.807, 2.05) is 20.8 Å². The predicted molar refractivity (Wildman–Crippen MR) is 78.5 cm³/mol. The standard InChI is InChI=1S/C15H20BFO5/c1-4-11-13-10(17)5-6-12(14(13)16(18)22-11)19-7-9-8-20-15(2,3)21-9/h5-6,9,11,18H,4,7-8H2,1-3H3/t9-,11+/m0/s1. The molecule has 0 spiro atoms. The number of hydrogen-bond donors (Lipinski definition) is 1. The molecule has 22 heavy (non-hydrogen) atoms. The summed E-state index contributed by atoms with van der Waals surface area (Å²) in [6.45, 7) is 6.27. The van der Waals surface area contributed by atoms with Crippen molar-refractivity contribution in [2.45, 2.75) is 45.2 Å². The van der Waals surface area contributed by atoms with Crippen LogP contribution in [0.1, 0.15) is 38.9 Å². The number of hydrogen-bond acceptors (Lipinski definition) is 5. The fourth-order valence-electron chi connectivity index (χ4n) is 2.92. The maximum absolute atomic E-state index is 14.0. The largest absolute Gasteiger partial charge is 0.495 e. The van der Waals surface area contributed by atoms with Gasteiger partial charge in [0.05, 0.1) is 12.7 Å². The summed E-state index contributed by atoms with van der Waals surface area (Å²) in [6.07, 6.45) is -0.0613. The van der Waals surface area contributed by atoms with Crippen LogP contribution in [0.15, 0.2) is 12.1 Å². The molecule has 0 unspecified atom stereocenters. The van der Waals surface area contributed by atoms with Crippen molar-refractivity contribution in [2.24, 2.45) is 0 Å². The van der Waals surface area contributed by atoms with Crippen molar-refractivity contribution in [2.75, 3.05) is 13.2 Å². The monoisotopic (exact) mass is 310 g/mol. The first-order valence-electron chi connectivity index (χ1n) is 7.51. The third kappa shape index (κ3) is 2.86. The van der Waals surface area contributed by atoms with Crippen LogP contribution in [0.4, 0.5) is 4.39 Å². The van der Waals surface area contributed by atoms with Crippen LogP contribution in [0.5, 0.6) is 5.75 Å². The summed E-state index contributed by atoms with van der Waals surface area (Å²) >= 11 is 0. The number of benzene rings is 1. The number of rotatable bonds is 4. The molecule has 1 aromatic carbocycles. The highest BCUT2D eigenvalue weighted by molar-refractivity contribution is 6.62. The summed E-state index contributed by atoms with van der Waals surface area (Å²) in [6, 6.07) is 2.86. The maximum atomic E-state index is 14.0. The zero-order valence-electron chi connectivity index (χ0n) is 13.0. The third-order valence-electron chi connectivity index (χ3n) is 3.92. The molecule has 0 saturated carbocycles. The van der Waals surface area contributed by atoms with Crippen LogP contribution in [-0.4, -0.2) is 37.2 Å². The Balaban J connectivity index is 1.77. The lowest BCUT2D eigenvalue weighted by Crippen LogP contribution is -2.32. The summed E-state index contributed by atoms with van der Waals surface area (Å²) in [5.74, 6) is -0.574. The molecule has 3 rings (SSSR count). The average Bonchev–Trinajstić information content (AvgIpc) is 2.99. The van der Waals surface area contributed by atoms with Gasteiger partial charge in [0.1, 0.15) is 24.3 Å². The van der Waals surface area contributed by atoms with E-state index in [9.17, 15) is 9.41 Å². The van der Waals surface area contributed by atoms with Crippen LogP contribution in [-0.2, 0) is 14.1 Å². The van der Waals surface area contributed by atoms with Crippen LogP contribution >= 0.6 is 0 Å². The lowest BCUT2D eigenvalue weighted by atomic mass is 9.78. The molecule has 1 saturated heterocycles. The number of fused-ring (bicyclic) bond motifs is 1. The van der Waals surface area contributed by atoms with Gasteiger partial charge in [-0.2, -0.15) is 0 Å².